The van der Waals surface area contributed by atoms with Crippen LogP contribution in [0, 0.1) is 6.92 Å². The van der Waals surface area contributed by atoms with Crippen LogP contribution in [0.2, 0.25) is 0 Å². The van der Waals surface area contributed by atoms with Gasteiger partial charge in [-0.1, -0.05) is 0 Å². The Labute approximate surface area is 120 Å². The Morgan fingerprint density at radius 1 is 1.60 bits per heavy atom. The summed E-state index contributed by atoms with van der Waals surface area (Å²) in [6, 6.07) is 0. The van der Waals surface area contributed by atoms with Crippen LogP contribution in [0.4, 0.5) is 0 Å². The number of aryl methyl sites for hydroxylation is 1. The molecule has 0 saturated carbocycles. The molecule has 1 aromatic rings. The highest BCUT2D eigenvalue weighted by molar-refractivity contribution is 5.45. The number of aromatic nitrogens is 2. The molecule has 0 aromatic carbocycles. The van der Waals surface area contributed by atoms with Crippen LogP contribution in [0.25, 0.3) is 0 Å². The highest BCUT2D eigenvalue weighted by Crippen LogP contribution is 2.23. The maximum atomic E-state index is 10.2. The molecule has 2 rings (SSSR count). The van der Waals surface area contributed by atoms with E-state index in [1.54, 1.807) is 0 Å². The summed E-state index contributed by atoms with van der Waals surface area (Å²) < 4.78 is 7.71. The fraction of sp³-hybridized carbons (Fsp3) is 0.714. The Kier molecular flexibility index (Phi) is 5.55. The number of carbonyl (C=O) groups is 1. The molecule has 112 valence electrons. The zero-order valence-corrected chi connectivity index (χ0v) is 12.3. The molecule has 0 aliphatic carbocycles. The molecule has 1 fully saturated rings. The van der Waals surface area contributed by atoms with Gasteiger partial charge in [0.1, 0.15) is 6.23 Å². The van der Waals surface area contributed by atoms with Crippen LogP contribution in [-0.2, 0) is 16.1 Å². The summed E-state index contributed by atoms with van der Waals surface area (Å²) in [5.74, 6) is 0. The maximum Gasteiger partial charge on any atom is 0.207 e. The van der Waals surface area contributed by atoms with Gasteiger partial charge < -0.3 is 15.0 Å². The first-order valence-corrected chi connectivity index (χ1v) is 7.22. The third kappa shape index (κ3) is 4.05. The van der Waals surface area contributed by atoms with Gasteiger partial charge in [-0.15, -0.1) is 0 Å². The Balaban J connectivity index is 1.91. The summed E-state index contributed by atoms with van der Waals surface area (Å²) in [7, 11) is 2.04. The minimum absolute atomic E-state index is 0.0956. The highest BCUT2D eigenvalue weighted by Gasteiger charge is 2.18. The largest absolute Gasteiger partial charge is 0.357 e. The van der Waals surface area contributed by atoms with Gasteiger partial charge in [-0.2, -0.15) is 5.10 Å². The molecule has 1 amide bonds. The summed E-state index contributed by atoms with van der Waals surface area (Å²) in [4.78, 5) is 12.4. The van der Waals surface area contributed by atoms with Gasteiger partial charge in [0.2, 0.25) is 6.41 Å². The zero-order valence-electron chi connectivity index (χ0n) is 12.3. The van der Waals surface area contributed by atoms with E-state index in [4.69, 9.17) is 4.74 Å². The molecule has 1 aromatic heterocycles. The van der Waals surface area contributed by atoms with Crippen molar-refractivity contribution in [3.05, 3.63) is 17.5 Å². The van der Waals surface area contributed by atoms with Gasteiger partial charge in [0.25, 0.3) is 0 Å². The molecule has 1 N–H and O–H groups in total. The van der Waals surface area contributed by atoms with E-state index in [2.05, 4.69) is 21.5 Å². The Hall–Kier alpha value is -1.40. The second-order valence-electron chi connectivity index (χ2n) is 5.35. The van der Waals surface area contributed by atoms with Crippen LogP contribution in [0.1, 0.15) is 36.7 Å². The predicted octanol–water partition coefficient (Wildman–Crippen LogP) is 1.07. The number of likely N-dealkylation sites (N-methyl/N-ethyl adjacent to an activating group) is 1. The third-order valence-electron chi connectivity index (χ3n) is 3.63. The number of rotatable bonds is 7. The number of hydrogen-bond acceptors (Lipinski definition) is 4. The second-order valence-corrected chi connectivity index (χ2v) is 5.35. The lowest BCUT2D eigenvalue weighted by molar-refractivity contribution is -0.109. The highest BCUT2D eigenvalue weighted by atomic mass is 16.5. The number of amides is 1. The van der Waals surface area contributed by atoms with Crippen molar-refractivity contribution in [2.75, 3.05) is 26.7 Å². The first kappa shape index (κ1) is 15.0. The molecule has 0 bridgehead atoms. The number of nitrogens with zero attached hydrogens (tertiary/aromatic N) is 3. The lowest BCUT2D eigenvalue weighted by atomic mass is 10.2. The fourth-order valence-electron chi connectivity index (χ4n) is 2.44. The van der Waals surface area contributed by atoms with E-state index < -0.39 is 0 Å². The fourth-order valence-corrected chi connectivity index (χ4v) is 2.44. The Morgan fingerprint density at radius 2 is 2.45 bits per heavy atom. The number of carbonyl (C=O) groups excluding carboxylic acids is 1. The molecule has 1 aliphatic heterocycles. The molecule has 1 aliphatic rings. The molecule has 2 heterocycles. The molecule has 1 unspecified atom stereocenters. The van der Waals surface area contributed by atoms with Gasteiger partial charge in [-0.3, -0.25) is 4.79 Å². The van der Waals surface area contributed by atoms with E-state index >= 15 is 0 Å². The van der Waals surface area contributed by atoms with Crippen molar-refractivity contribution < 1.29 is 9.53 Å². The van der Waals surface area contributed by atoms with Gasteiger partial charge in [0.15, 0.2) is 0 Å². The minimum atomic E-state index is 0.0956. The van der Waals surface area contributed by atoms with E-state index in [1.165, 1.54) is 12.0 Å². The number of nitrogens with one attached hydrogen (secondary N) is 1. The van der Waals surface area contributed by atoms with Crippen LogP contribution < -0.4 is 5.32 Å². The predicted molar refractivity (Wildman–Crippen MR) is 76.2 cm³/mol. The molecule has 1 saturated heterocycles. The zero-order chi connectivity index (χ0) is 14.4. The van der Waals surface area contributed by atoms with E-state index in [0.717, 1.165) is 44.6 Å². The average Bonchev–Trinajstić information content (AvgIpc) is 2.81. The van der Waals surface area contributed by atoms with Crippen molar-refractivity contribution in [1.82, 2.24) is 20.0 Å². The van der Waals surface area contributed by atoms with E-state index in [0.29, 0.717) is 6.54 Å². The molecular weight excluding hydrogens is 256 g/mol. The summed E-state index contributed by atoms with van der Waals surface area (Å²) in [6.45, 7) is 5.18. The first-order valence-electron chi connectivity index (χ1n) is 7.22. The van der Waals surface area contributed by atoms with E-state index in [1.807, 2.05) is 18.7 Å². The monoisotopic (exact) mass is 280 g/mol. The van der Waals surface area contributed by atoms with Crippen molar-refractivity contribution in [3.8, 4) is 0 Å². The first-order chi connectivity index (χ1) is 9.70. The van der Waals surface area contributed by atoms with Crippen molar-refractivity contribution in [2.45, 2.75) is 39.0 Å². The smallest absolute Gasteiger partial charge is 0.207 e. The van der Waals surface area contributed by atoms with Gasteiger partial charge in [0.05, 0.1) is 5.69 Å². The van der Waals surface area contributed by atoms with E-state index in [-0.39, 0.29) is 6.23 Å². The minimum Gasteiger partial charge on any atom is -0.357 e. The summed E-state index contributed by atoms with van der Waals surface area (Å²) >= 11 is 0. The topological polar surface area (TPSA) is 59.4 Å². The molecule has 0 radical (unpaired) electrons. The van der Waals surface area contributed by atoms with Crippen molar-refractivity contribution in [3.63, 3.8) is 0 Å². The molecule has 1 atom stereocenters. The van der Waals surface area contributed by atoms with Crippen LogP contribution in [0.3, 0.4) is 0 Å². The molecular formula is C14H24N4O2. The normalized spacial score (nSPS) is 19.2. The lowest BCUT2D eigenvalue weighted by Gasteiger charge is -2.22. The second kappa shape index (κ2) is 7.40. The quantitative estimate of drug-likeness (QED) is 0.599. The summed E-state index contributed by atoms with van der Waals surface area (Å²) in [6.07, 6.45) is 6.32. The van der Waals surface area contributed by atoms with Crippen LogP contribution in [-0.4, -0.2) is 47.8 Å². The Morgan fingerprint density at radius 3 is 3.15 bits per heavy atom. The Bertz CT molecular complexity index is 427. The average molecular weight is 280 g/mol. The molecule has 20 heavy (non-hydrogen) atoms. The lowest BCUT2D eigenvalue weighted by Crippen LogP contribution is -2.28. The number of ether oxygens (including phenoxy) is 1. The van der Waals surface area contributed by atoms with Gasteiger partial charge in [0, 0.05) is 38.0 Å². The summed E-state index contributed by atoms with van der Waals surface area (Å²) in [5, 5.41) is 7.25. The van der Waals surface area contributed by atoms with Crippen LogP contribution in [0.15, 0.2) is 6.20 Å². The maximum absolute atomic E-state index is 10.2. The van der Waals surface area contributed by atoms with Gasteiger partial charge in [-0.25, -0.2) is 4.68 Å². The van der Waals surface area contributed by atoms with E-state index in [9.17, 15) is 4.79 Å². The SMILES string of the molecule is Cc1nn(C2CCCCO2)cc1CN(C)CCNC=O. The molecule has 6 heteroatoms. The number of hydrogen-bond donors (Lipinski definition) is 1. The van der Waals surface area contributed by atoms with Crippen LogP contribution >= 0.6 is 0 Å². The van der Waals surface area contributed by atoms with Crippen molar-refractivity contribution >= 4 is 6.41 Å². The summed E-state index contributed by atoms with van der Waals surface area (Å²) in [5.41, 5.74) is 2.27. The third-order valence-corrected chi connectivity index (χ3v) is 3.63. The van der Waals surface area contributed by atoms with Gasteiger partial charge in [-0.05, 0) is 33.2 Å². The standard InChI is InChI=1S/C14H24N4O2/c1-12-13(9-17(2)7-6-15-11-19)10-18(16-12)14-5-3-4-8-20-14/h10-11,14H,3-9H2,1-2H3,(H,15,19). The van der Waals surface area contributed by atoms with Crippen molar-refractivity contribution in [1.29, 1.82) is 0 Å². The molecule has 6 nitrogen and oxygen atoms in total. The molecule has 0 spiro atoms. The van der Waals surface area contributed by atoms with Gasteiger partial charge >= 0.3 is 0 Å². The van der Waals surface area contributed by atoms with Crippen molar-refractivity contribution in [2.24, 2.45) is 0 Å². The van der Waals surface area contributed by atoms with Crippen LogP contribution in [0.5, 0.6) is 0 Å².